The molecule has 2 atom stereocenters. The van der Waals surface area contributed by atoms with Gasteiger partial charge >= 0.3 is 0 Å². The van der Waals surface area contributed by atoms with Crippen LogP contribution in [0.3, 0.4) is 0 Å². The first-order chi connectivity index (χ1) is 7.07. The summed E-state index contributed by atoms with van der Waals surface area (Å²) in [5, 5.41) is 0. The van der Waals surface area contributed by atoms with E-state index >= 15 is 0 Å². The van der Waals surface area contributed by atoms with E-state index in [9.17, 15) is 4.39 Å². The lowest BCUT2D eigenvalue weighted by atomic mass is 9.93. The summed E-state index contributed by atoms with van der Waals surface area (Å²) in [6.07, 6.45) is 0. The summed E-state index contributed by atoms with van der Waals surface area (Å²) < 4.78 is 13.6. The summed E-state index contributed by atoms with van der Waals surface area (Å²) in [5.41, 5.74) is 6.37. The van der Waals surface area contributed by atoms with Gasteiger partial charge in [0.1, 0.15) is 5.82 Å². The monoisotopic (exact) mass is 210 g/mol. The Hall–Kier alpha value is -0.930. The van der Waals surface area contributed by atoms with Gasteiger partial charge in [0.2, 0.25) is 0 Å². The molecule has 2 N–H and O–H groups in total. The molecule has 1 aromatic rings. The van der Waals surface area contributed by atoms with Gasteiger partial charge in [-0.2, -0.15) is 0 Å². The highest BCUT2D eigenvalue weighted by atomic mass is 19.1. The second-order valence-electron chi connectivity index (χ2n) is 4.14. The third-order valence-corrected chi connectivity index (χ3v) is 2.69. The van der Waals surface area contributed by atoms with E-state index in [1.54, 1.807) is 6.07 Å². The van der Waals surface area contributed by atoms with Crippen LogP contribution in [0.2, 0.25) is 0 Å². The molecule has 0 radical (unpaired) electrons. The molecule has 0 aliphatic heterocycles. The fraction of sp³-hybridized carbons (Fsp3) is 0.500. The molecule has 0 aliphatic carbocycles. The highest BCUT2D eigenvalue weighted by Gasteiger charge is 2.22. The average molecular weight is 210 g/mol. The van der Waals surface area contributed by atoms with Crippen molar-refractivity contribution in [2.24, 2.45) is 11.7 Å². The summed E-state index contributed by atoms with van der Waals surface area (Å²) in [4.78, 5) is 2.01. The molecule has 2 unspecified atom stereocenters. The van der Waals surface area contributed by atoms with Crippen LogP contribution in [0.15, 0.2) is 24.3 Å². The molecule has 1 aromatic carbocycles. The number of rotatable bonds is 4. The summed E-state index contributed by atoms with van der Waals surface area (Å²) in [5.74, 6) is 0.0772. The van der Waals surface area contributed by atoms with Crippen LogP contribution in [0, 0.1) is 11.7 Å². The van der Waals surface area contributed by atoms with Crippen LogP contribution in [0.5, 0.6) is 0 Å². The van der Waals surface area contributed by atoms with Gasteiger partial charge in [-0.3, -0.25) is 0 Å². The fourth-order valence-corrected chi connectivity index (χ4v) is 1.94. The van der Waals surface area contributed by atoms with E-state index in [-0.39, 0.29) is 17.8 Å². The quantitative estimate of drug-likeness (QED) is 0.824. The van der Waals surface area contributed by atoms with Crippen LogP contribution in [-0.2, 0) is 0 Å². The standard InChI is InChI=1S/C12H19FN2/c1-9(8-14)12(15(2)3)10-6-4-5-7-11(10)13/h4-7,9,12H,8,14H2,1-3H3. The molecule has 2 nitrogen and oxygen atoms in total. The van der Waals surface area contributed by atoms with Crippen molar-refractivity contribution in [3.05, 3.63) is 35.6 Å². The largest absolute Gasteiger partial charge is 0.330 e. The van der Waals surface area contributed by atoms with E-state index in [0.717, 1.165) is 5.56 Å². The second-order valence-corrected chi connectivity index (χ2v) is 4.14. The topological polar surface area (TPSA) is 29.3 Å². The zero-order chi connectivity index (χ0) is 11.4. The number of nitrogens with two attached hydrogens (primary N) is 1. The normalized spacial score (nSPS) is 15.3. The maximum Gasteiger partial charge on any atom is 0.127 e. The minimum absolute atomic E-state index is 0.0381. The van der Waals surface area contributed by atoms with Crippen molar-refractivity contribution in [3.8, 4) is 0 Å². The Morgan fingerprint density at radius 3 is 2.40 bits per heavy atom. The predicted octanol–water partition coefficient (Wildman–Crippen LogP) is 2.02. The van der Waals surface area contributed by atoms with Crippen molar-refractivity contribution >= 4 is 0 Å². The highest BCUT2D eigenvalue weighted by molar-refractivity contribution is 5.21. The molecule has 0 aromatic heterocycles. The summed E-state index contributed by atoms with van der Waals surface area (Å²) >= 11 is 0. The Balaban J connectivity index is 3.04. The summed E-state index contributed by atoms with van der Waals surface area (Å²) in [6, 6.07) is 6.93. The summed E-state index contributed by atoms with van der Waals surface area (Å²) in [6.45, 7) is 2.59. The zero-order valence-electron chi connectivity index (χ0n) is 9.57. The number of benzene rings is 1. The number of hydrogen-bond donors (Lipinski definition) is 1. The van der Waals surface area contributed by atoms with Gasteiger partial charge in [-0.1, -0.05) is 25.1 Å². The van der Waals surface area contributed by atoms with E-state index < -0.39 is 0 Å². The molecule has 0 fully saturated rings. The van der Waals surface area contributed by atoms with Gasteiger partial charge in [0, 0.05) is 11.6 Å². The molecule has 84 valence electrons. The lowest BCUT2D eigenvalue weighted by Gasteiger charge is -2.30. The number of halogens is 1. The molecule has 0 aliphatic rings. The Morgan fingerprint density at radius 1 is 1.33 bits per heavy atom. The van der Waals surface area contributed by atoms with E-state index in [0.29, 0.717) is 6.54 Å². The zero-order valence-corrected chi connectivity index (χ0v) is 9.57. The molecule has 3 heteroatoms. The van der Waals surface area contributed by atoms with Crippen molar-refractivity contribution in [3.63, 3.8) is 0 Å². The average Bonchev–Trinajstić information content (AvgIpc) is 2.20. The predicted molar refractivity (Wildman–Crippen MR) is 61.0 cm³/mol. The molecule has 0 saturated heterocycles. The van der Waals surface area contributed by atoms with Crippen LogP contribution in [0.1, 0.15) is 18.5 Å². The van der Waals surface area contributed by atoms with Gasteiger partial charge in [-0.15, -0.1) is 0 Å². The van der Waals surface area contributed by atoms with Crippen LogP contribution in [0.4, 0.5) is 4.39 Å². The molecule has 0 heterocycles. The third-order valence-electron chi connectivity index (χ3n) is 2.69. The van der Waals surface area contributed by atoms with Gasteiger partial charge in [-0.05, 0) is 32.6 Å². The van der Waals surface area contributed by atoms with Crippen LogP contribution >= 0.6 is 0 Å². The maximum absolute atomic E-state index is 13.6. The van der Waals surface area contributed by atoms with E-state index in [1.165, 1.54) is 6.07 Å². The van der Waals surface area contributed by atoms with Gasteiger partial charge in [0.15, 0.2) is 0 Å². The number of nitrogens with zero attached hydrogens (tertiary/aromatic N) is 1. The molecule has 0 spiro atoms. The second kappa shape index (κ2) is 5.24. The minimum atomic E-state index is -0.156. The van der Waals surface area contributed by atoms with Gasteiger partial charge in [0.25, 0.3) is 0 Å². The van der Waals surface area contributed by atoms with Crippen LogP contribution in [0.25, 0.3) is 0 Å². The highest BCUT2D eigenvalue weighted by Crippen LogP contribution is 2.27. The Kier molecular flexibility index (Phi) is 4.24. The first-order valence-electron chi connectivity index (χ1n) is 5.18. The van der Waals surface area contributed by atoms with Crippen molar-refractivity contribution in [1.82, 2.24) is 4.90 Å². The van der Waals surface area contributed by atoms with Crippen molar-refractivity contribution in [1.29, 1.82) is 0 Å². The molecule has 0 saturated carbocycles. The van der Waals surface area contributed by atoms with Gasteiger partial charge in [-0.25, -0.2) is 4.39 Å². The lowest BCUT2D eigenvalue weighted by molar-refractivity contribution is 0.222. The smallest absolute Gasteiger partial charge is 0.127 e. The fourth-order valence-electron chi connectivity index (χ4n) is 1.94. The molecule has 0 bridgehead atoms. The third kappa shape index (κ3) is 2.76. The van der Waals surface area contributed by atoms with E-state index in [4.69, 9.17) is 5.73 Å². The molecule has 1 rings (SSSR count). The summed E-state index contributed by atoms with van der Waals surface area (Å²) in [7, 11) is 3.90. The Labute approximate surface area is 90.9 Å². The Morgan fingerprint density at radius 2 is 1.93 bits per heavy atom. The molecule has 15 heavy (non-hydrogen) atoms. The molecule has 0 amide bonds. The van der Waals surface area contributed by atoms with E-state index in [1.807, 2.05) is 38.1 Å². The number of hydrogen-bond acceptors (Lipinski definition) is 2. The SMILES string of the molecule is CC(CN)C(c1ccccc1F)N(C)C. The van der Waals surface area contributed by atoms with E-state index in [2.05, 4.69) is 0 Å². The molecular formula is C12H19FN2. The van der Waals surface area contributed by atoms with Crippen molar-refractivity contribution < 1.29 is 4.39 Å². The van der Waals surface area contributed by atoms with Gasteiger partial charge < -0.3 is 10.6 Å². The van der Waals surface area contributed by atoms with Crippen LogP contribution < -0.4 is 5.73 Å². The maximum atomic E-state index is 13.6. The first-order valence-corrected chi connectivity index (χ1v) is 5.18. The van der Waals surface area contributed by atoms with Crippen LogP contribution in [-0.4, -0.2) is 25.5 Å². The van der Waals surface area contributed by atoms with Gasteiger partial charge in [0.05, 0.1) is 0 Å². The van der Waals surface area contributed by atoms with Crippen molar-refractivity contribution in [2.45, 2.75) is 13.0 Å². The Bertz CT molecular complexity index is 312. The lowest BCUT2D eigenvalue weighted by Crippen LogP contribution is -2.30. The minimum Gasteiger partial charge on any atom is -0.330 e. The van der Waals surface area contributed by atoms with Crippen molar-refractivity contribution in [2.75, 3.05) is 20.6 Å². The molecular weight excluding hydrogens is 191 g/mol. The first kappa shape index (κ1) is 12.1.